The van der Waals surface area contributed by atoms with Crippen LogP contribution in [0.5, 0.6) is 0 Å². The molecule has 0 unspecified atom stereocenters. The number of aryl methyl sites for hydroxylation is 1. The summed E-state index contributed by atoms with van der Waals surface area (Å²) in [6.07, 6.45) is 1.93. The molecule has 0 aromatic heterocycles. The highest BCUT2D eigenvalue weighted by Crippen LogP contribution is 2.50. The van der Waals surface area contributed by atoms with Gasteiger partial charge in [-0.25, -0.2) is 8.42 Å². The standard InChI is InChI=1S/C13H16N2O2S/c1-10-2-3-11(15)12(8-10)18(16,17)9-13(4-5-13)6-7-14/h2-3,8H,4-6,9,15H2,1H3. The van der Waals surface area contributed by atoms with Crippen LogP contribution in [-0.4, -0.2) is 14.2 Å². The molecule has 0 amide bonds. The summed E-state index contributed by atoms with van der Waals surface area (Å²) in [4.78, 5) is 0.201. The first-order valence-electron chi connectivity index (χ1n) is 5.84. The summed E-state index contributed by atoms with van der Waals surface area (Å²) >= 11 is 0. The van der Waals surface area contributed by atoms with Crippen LogP contribution in [0, 0.1) is 23.7 Å². The second kappa shape index (κ2) is 4.29. The van der Waals surface area contributed by atoms with E-state index in [4.69, 9.17) is 11.0 Å². The van der Waals surface area contributed by atoms with E-state index in [1.54, 1.807) is 18.2 Å². The molecule has 1 aliphatic rings. The van der Waals surface area contributed by atoms with Gasteiger partial charge in [-0.2, -0.15) is 5.26 Å². The van der Waals surface area contributed by atoms with Crippen LogP contribution < -0.4 is 5.73 Å². The molecule has 1 aromatic rings. The van der Waals surface area contributed by atoms with Gasteiger partial charge < -0.3 is 5.73 Å². The number of nitrogen functional groups attached to an aromatic ring is 1. The zero-order valence-electron chi connectivity index (χ0n) is 10.3. The molecule has 0 heterocycles. The van der Waals surface area contributed by atoms with Crippen LogP contribution >= 0.6 is 0 Å². The summed E-state index contributed by atoms with van der Waals surface area (Å²) in [5.41, 5.74) is 6.57. The number of nitrogens with two attached hydrogens (primary N) is 1. The third-order valence-electron chi connectivity index (χ3n) is 3.41. The lowest BCUT2D eigenvalue weighted by atomic mass is 10.1. The molecule has 1 aliphatic carbocycles. The van der Waals surface area contributed by atoms with E-state index in [0.717, 1.165) is 18.4 Å². The lowest BCUT2D eigenvalue weighted by Crippen LogP contribution is -2.18. The molecule has 4 nitrogen and oxygen atoms in total. The Balaban J connectivity index is 2.32. The van der Waals surface area contributed by atoms with E-state index < -0.39 is 9.84 Å². The molecule has 0 radical (unpaired) electrons. The van der Waals surface area contributed by atoms with Crippen molar-refractivity contribution in [2.45, 2.75) is 31.1 Å². The minimum absolute atomic E-state index is 0.0290. The van der Waals surface area contributed by atoms with Gasteiger partial charge in [-0.05, 0) is 42.9 Å². The summed E-state index contributed by atoms with van der Waals surface area (Å²) in [7, 11) is -3.41. The molecular weight excluding hydrogens is 248 g/mol. The quantitative estimate of drug-likeness (QED) is 0.843. The van der Waals surface area contributed by atoms with Crippen LogP contribution in [0.4, 0.5) is 5.69 Å². The number of nitrogens with zero attached hydrogens (tertiary/aromatic N) is 1. The zero-order chi connectivity index (χ0) is 13.4. The molecule has 0 aliphatic heterocycles. The maximum Gasteiger partial charge on any atom is 0.180 e. The number of hydrogen-bond acceptors (Lipinski definition) is 4. The van der Waals surface area contributed by atoms with Gasteiger partial charge in [-0.3, -0.25) is 0 Å². The molecule has 2 rings (SSSR count). The highest BCUT2D eigenvalue weighted by Gasteiger charge is 2.46. The monoisotopic (exact) mass is 264 g/mol. The fourth-order valence-electron chi connectivity index (χ4n) is 2.11. The van der Waals surface area contributed by atoms with Gasteiger partial charge in [0.15, 0.2) is 9.84 Å². The van der Waals surface area contributed by atoms with Crippen molar-refractivity contribution in [2.75, 3.05) is 11.5 Å². The average molecular weight is 264 g/mol. The van der Waals surface area contributed by atoms with Crippen LogP contribution in [0.1, 0.15) is 24.8 Å². The van der Waals surface area contributed by atoms with Crippen molar-refractivity contribution in [3.8, 4) is 6.07 Å². The molecule has 0 atom stereocenters. The van der Waals surface area contributed by atoms with E-state index >= 15 is 0 Å². The first-order chi connectivity index (χ1) is 8.38. The molecule has 0 bridgehead atoms. The van der Waals surface area contributed by atoms with Gasteiger partial charge in [0.05, 0.1) is 22.4 Å². The summed E-state index contributed by atoms with van der Waals surface area (Å²) in [5.74, 6) is 0.0290. The first kappa shape index (κ1) is 12.9. The second-order valence-corrected chi connectivity index (χ2v) is 7.09. The predicted molar refractivity (Wildman–Crippen MR) is 69.5 cm³/mol. The lowest BCUT2D eigenvalue weighted by molar-refractivity contribution is 0.548. The van der Waals surface area contributed by atoms with Crippen molar-refractivity contribution < 1.29 is 8.42 Å². The Hall–Kier alpha value is -1.54. The van der Waals surface area contributed by atoms with Crippen molar-refractivity contribution in [1.29, 1.82) is 5.26 Å². The third-order valence-corrected chi connectivity index (χ3v) is 5.43. The smallest absolute Gasteiger partial charge is 0.180 e. The van der Waals surface area contributed by atoms with E-state index in [1.807, 2.05) is 6.92 Å². The lowest BCUT2D eigenvalue weighted by Gasteiger charge is -2.13. The number of hydrogen-bond donors (Lipinski definition) is 1. The Morgan fingerprint density at radius 1 is 1.44 bits per heavy atom. The Labute approximate surface area is 107 Å². The molecule has 96 valence electrons. The minimum Gasteiger partial charge on any atom is -0.398 e. The van der Waals surface area contributed by atoms with Gasteiger partial charge in [0.25, 0.3) is 0 Å². The third kappa shape index (κ3) is 2.49. The van der Waals surface area contributed by atoms with Crippen LogP contribution in [0.25, 0.3) is 0 Å². The fraction of sp³-hybridized carbons (Fsp3) is 0.462. The van der Waals surface area contributed by atoms with Crippen molar-refractivity contribution in [3.05, 3.63) is 23.8 Å². The number of benzene rings is 1. The predicted octanol–water partition coefficient (Wildman–Crippen LogP) is 2.04. The Bertz CT molecular complexity index is 610. The highest BCUT2D eigenvalue weighted by atomic mass is 32.2. The highest BCUT2D eigenvalue weighted by molar-refractivity contribution is 7.91. The van der Waals surface area contributed by atoms with Crippen molar-refractivity contribution >= 4 is 15.5 Å². The second-order valence-electron chi connectivity index (χ2n) is 5.14. The van der Waals surface area contributed by atoms with Crippen LogP contribution in [0.15, 0.2) is 23.1 Å². The van der Waals surface area contributed by atoms with Gasteiger partial charge in [0, 0.05) is 6.42 Å². The molecule has 5 heteroatoms. The maximum atomic E-state index is 12.3. The molecule has 0 saturated heterocycles. The molecule has 2 N–H and O–H groups in total. The number of sulfone groups is 1. The zero-order valence-corrected chi connectivity index (χ0v) is 11.1. The van der Waals surface area contributed by atoms with Gasteiger partial charge >= 0.3 is 0 Å². The van der Waals surface area contributed by atoms with E-state index in [1.165, 1.54) is 0 Å². The van der Waals surface area contributed by atoms with E-state index in [2.05, 4.69) is 6.07 Å². The SMILES string of the molecule is Cc1ccc(N)c(S(=O)(=O)CC2(CC#N)CC2)c1. The van der Waals surface area contributed by atoms with Crippen LogP contribution in [0.3, 0.4) is 0 Å². The average Bonchev–Trinajstić information content (AvgIpc) is 3.01. The normalized spacial score (nSPS) is 17.1. The van der Waals surface area contributed by atoms with Gasteiger partial charge in [-0.1, -0.05) is 6.07 Å². The Kier molecular flexibility index (Phi) is 3.07. The van der Waals surface area contributed by atoms with Crippen molar-refractivity contribution in [2.24, 2.45) is 5.41 Å². The van der Waals surface area contributed by atoms with E-state index in [-0.39, 0.29) is 21.8 Å². The summed E-state index contributed by atoms with van der Waals surface area (Å²) < 4.78 is 24.7. The molecule has 0 spiro atoms. The van der Waals surface area contributed by atoms with Crippen molar-refractivity contribution in [3.63, 3.8) is 0 Å². The topological polar surface area (TPSA) is 84.0 Å². The summed E-state index contributed by atoms with van der Waals surface area (Å²) in [6.45, 7) is 1.83. The maximum absolute atomic E-state index is 12.3. The van der Waals surface area contributed by atoms with Crippen LogP contribution in [0.2, 0.25) is 0 Å². The summed E-state index contributed by atoms with van der Waals surface area (Å²) in [5, 5.41) is 8.74. The largest absolute Gasteiger partial charge is 0.398 e. The number of nitriles is 1. The summed E-state index contributed by atoms with van der Waals surface area (Å²) in [6, 6.07) is 7.08. The molecule has 1 fully saturated rings. The van der Waals surface area contributed by atoms with E-state index in [0.29, 0.717) is 6.42 Å². The van der Waals surface area contributed by atoms with E-state index in [9.17, 15) is 8.42 Å². The van der Waals surface area contributed by atoms with Gasteiger partial charge in [0.2, 0.25) is 0 Å². The molecule has 1 aromatic carbocycles. The van der Waals surface area contributed by atoms with Crippen molar-refractivity contribution in [1.82, 2.24) is 0 Å². The Morgan fingerprint density at radius 2 is 2.11 bits per heavy atom. The molecule has 18 heavy (non-hydrogen) atoms. The Morgan fingerprint density at radius 3 is 2.67 bits per heavy atom. The number of anilines is 1. The fourth-order valence-corrected chi connectivity index (χ4v) is 4.25. The van der Waals surface area contributed by atoms with Crippen LogP contribution in [-0.2, 0) is 9.84 Å². The molecular formula is C13H16N2O2S. The van der Waals surface area contributed by atoms with Gasteiger partial charge in [-0.15, -0.1) is 0 Å². The molecule has 1 saturated carbocycles. The number of rotatable bonds is 4. The minimum atomic E-state index is -3.41. The first-order valence-corrected chi connectivity index (χ1v) is 7.50. The van der Waals surface area contributed by atoms with Gasteiger partial charge in [0.1, 0.15) is 0 Å².